The Morgan fingerprint density at radius 3 is 2.87 bits per heavy atom. The van der Waals surface area contributed by atoms with Crippen molar-refractivity contribution in [1.82, 2.24) is 9.78 Å². The molecule has 0 bridgehead atoms. The molecular weight excluding hydrogens is 210 g/mol. The fourth-order valence-corrected chi connectivity index (χ4v) is 2.39. The van der Waals surface area contributed by atoms with Crippen LogP contribution in [0.2, 0.25) is 5.02 Å². The highest BCUT2D eigenvalue weighted by molar-refractivity contribution is 6.31. The highest BCUT2D eigenvalue weighted by atomic mass is 35.5. The van der Waals surface area contributed by atoms with Crippen molar-refractivity contribution in [1.29, 1.82) is 0 Å². The van der Waals surface area contributed by atoms with Gasteiger partial charge in [0.25, 0.3) is 0 Å². The Morgan fingerprint density at radius 2 is 2.33 bits per heavy atom. The van der Waals surface area contributed by atoms with Gasteiger partial charge in [-0.05, 0) is 31.6 Å². The second-order valence-corrected chi connectivity index (χ2v) is 4.82. The van der Waals surface area contributed by atoms with Crippen LogP contribution in [-0.2, 0) is 6.54 Å². The maximum Gasteiger partial charge on any atom is 0.0834 e. The molecule has 15 heavy (non-hydrogen) atoms. The number of hydrogen-bond acceptors (Lipinski definition) is 2. The predicted octanol–water partition coefficient (Wildman–Crippen LogP) is 2.60. The number of aromatic nitrogens is 2. The van der Waals surface area contributed by atoms with Crippen LogP contribution >= 0.6 is 11.6 Å². The van der Waals surface area contributed by atoms with E-state index in [1.807, 2.05) is 4.68 Å². The summed E-state index contributed by atoms with van der Waals surface area (Å²) in [4.78, 5) is 0. The summed E-state index contributed by atoms with van der Waals surface area (Å²) in [6.07, 6.45) is 4.32. The van der Waals surface area contributed by atoms with E-state index in [0.717, 1.165) is 18.2 Å². The molecule has 2 unspecified atom stereocenters. The largest absolute Gasteiger partial charge is 0.322 e. The molecule has 0 spiro atoms. The van der Waals surface area contributed by atoms with Gasteiger partial charge in [-0.1, -0.05) is 18.5 Å². The number of aryl methyl sites for hydroxylation is 1. The van der Waals surface area contributed by atoms with Gasteiger partial charge < -0.3 is 5.73 Å². The van der Waals surface area contributed by atoms with Crippen molar-refractivity contribution in [2.75, 3.05) is 0 Å². The topological polar surface area (TPSA) is 43.8 Å². The van der Waals surface area contributed by atoms with Crippen molar-refractivity contribution >= 4 is 11.6 Å². The third-order valence-corrected chi connectivity index (χ3v) is 3.67. The zero-order chi connectivity index (χ0) is 11.0. The van der Waals surface area contributed by atoms with Crippen LogP contribution in [-0.4, -0.2) is 9.78 Å². The van der Waals surface area contributed by atoms with Gasteiger partial charge in [0.15, 0.2) is 0 Å². The van der Waals surface area contributed by atoms with E-state index >= 15 is 0 Å². The summed E-state index contributed by atoms with van der Waals surface area (Å²) >= 11 is 6.12. The molecule has 3 nitrogen and oxygen atoms in total. The van der Waals surface area contributed by atoms with Crippen LogP contribution in [0, 0.1) is 11.8 Å². The molecule has 1 aliphatic rings. The standard InChI is InChI=1S/C11H18ClN3/c1-3-15-11(9(12)6-14-15)10(13)7(2)8-4-5-8/h6-8,10H,3-5,13H2,1-2H3. The summed E-state index contributed by atoms with van der Waals surface area (Å²) in [6.45, 7) is 5.10. The summed E-state index contributed by atoms with van der Waals surface area (Å²) in [5.74, 6) is 1.29. The lowest BCUT2D eigenvalue weighted by Gasteiger charge is -2.20. The number of nitrogens with zero attached hydrogens (tertiary/aromatic N) is 2. The number of hydrogen-bond donors (Lipinski definition) is 1. The molecule has 1 fully saturated rings. The molecule has 0 aliphatic heterocycles. The second kappa shape index (κ2) is 4.14. The van der Waals surface area contributed by atoms with Gasteiger partial charge in [-0.15, -0.1) is 0 Å². The Hall–Kier alpha value is -0.540. The average Bonchev–Trinajstić information content (AvgIpc) is 3.00. The molecular formula is C11H18ClN3. The molecule has 84 valence electrons. The fourth-order valence-electron chi connectivity index (χ4n) is 2.12. The van der Waals surface area contributed by atoms with E-state index in [-0.39, 0.29) is 6.04 Å². The molecule has 1 saturated carbocycles. The molecule has 2 atom stereocenters. The van der Waals surface area contributed by atoms with Crippen molar-refractivity contribution in [3.8, 4) is 0 Å². The highest BCUT2D eigenvalue weighted by Crippen LogP contribution is 2.42. The van der Waals surface area contributed by atoms with E-state index in [1.165, 1.54) is 12.8 Å². The zero-order valence-corrected chi connectivity index (χ0v) is 10.0. The summed E-state index contributed by atoms with van der Waals surface area (Å²) < 4.78 is 1.91. The lowest BCUT2D eigenvalue weighted by Crippen LogP contribution is -2.24. The van der Waals surface area contributed by atoms with Crippen LogP contribution < -0.4 is 5.73 Å². The van der Waals surface area contributed by atoms with Crippen LogP contribution in [0.1, 0.15) is 38.4 Å². The minimum absolute atomic E-state index is 0.0208. The normalized spacial score (nSPS) is 20.3. The first-order chi connectivity index (χ1) is 7.15. The molecule has 4 heteroatoms. The van der Waals surface area contributed by atoms with Crippen LogP contribution in [0.15, 0.2) is 6.20 Å². The van der Waals surface area contributed by atoms with Crippen molar-refractivity contribution in [2.24, 2.45) is 17.6 Å². The first-order valence-corrected chi connectivity index (χ1v) is 5.99. The van der Waals surface area contributed by atoms with Gasteiger partial charge >= 0.3 is 0 Å². The van der Waals surface area contributed by atoms with Gasteiger partial charge in [-0.25, -0.2) is 0 Å². The summed E-state index contributed by atoms with van der Waals surface area (Å²) in [5, 5.41) is 4.93. The molecule has 1 aliphatic carbocycles. The molecule has 2 rings (SSSR count). The van der Waals surface area contributed by atoms with E-state index in [4.69, 9.17) is 17.3 Å². The maximum absolute atomic E-state index is 6.26. The molecule has 2 N–H and O–H groups in total. The highest BCUT2D eigenvalue weighted by Gasteiger charge is 2.34. The zero-order valence-electron chi connectivity index (χ0n) is 9.28. The van der Waals surface area contributed by atoms with Crippen LogP contribution in [0.4, 0.5) is 0 Å². The number of rotatable bonds is 4. The quantitative estimate of drug-likeness (QED) is 0.860. The first-order valence-electron chi connectivity index (χ1n) is 5.62. The third kappa shape index (κ3) is 2.04. The SMILES string of the molecule is CCn1ncc(Cl)c1C(N)C(C)C1CC1. The van der Waals surface area contributed by atoms with Gasteiger partial charge in [0.05, 0.1) is 23.0 Å². The lowest BCUT2D eigenvalue weighted by atomic mass is 9.95. The number of nitrogens with two attached hydrogens (primary N) is 1. The van der Waals surface area contributed by atoms with Gasteiger partial charge in [-0.2, -0.15) is 5.10 Å². The molecule has 1 heterocycles. The minimum Gasteiger partial charge on any atom is -0.322 e. The minimum atomic E-state index is 0.0208. The van der Waals surface area contributed by atoms with E-state index in [2.05, 4.69) is 18.9 Å². The lowest BCUT2D eigenvalue weighted by molar-refractivity contribution is 0.393. The molecule has 0 amide bonds. The Balaban J connectivity index is 2.22. The van der Waals surface area contributed by atoms with Crippen molar-refractivity contribution in [3.05, 3.63) is 16.9 Å². The maximum atomic E-state index is 6.26. The van der Waals surface area contributed by atoms with Crippen LogP contribution in [0.3, 0.4) is 0 Å². The van der Waals surface area contributed by atoms with Gasteiger partial charge in [-0.3, -0.25) is 4.68 Å². The van der Waals surface area contributed by atoms with Gasteiger partial charge in [0, 0.05) is 6.54 Å². The fraction of sp³-hybridized carbons (Fsp3) is 0.727. The summed E-state index contributed by atoms with van der Waals surface area (Å²) in [5.41, 5.74) is 7.25. The Bertz CT molecular complexity index is 344. The number of halogens is 1. The van der Waals surface area contributed by atoms with E-state index in [0.29, 0.717) is 10.9 Å². The van der Waals surface area contributed by atoms with E-state index < -0.39 is 0 Å². The van der Waals surface area contributed by atoms with Gasteiger partial charge in [0.1, 0.15) is 0 Å². The molecule has 0 radical (unpaired) electrons. The van der Waals surface area contributed by atoms with Crippen molar-refractivity contribution in [2.45, 2.75) is 39.3 Å². The van der Waals surface area contributed by atoms with Crippen molar-refractivity contribution in [3.63, 3.8) is 0 Å². The van der Waals surface area contributed by atoms with Gasteiger partial charge in [0.2, 0.25) is 0 Å². The first kappa shape index (κ1) is 11.0. The smallest absolute Gasteiger partial charge is 0.0834 e. The summed E-state index contributed by atoms with van der Waals surface area (Å²) in [7, 11) is 0. The van der Waals surface area contributed by atoms with Crippen LogP contribution in [0.5, 0.6) is 0 Å². The molecule has 1 aromatic rings. The molecule has 1 aromatic heterocycles. The van der Waals surface area contributed by atoms with Crippen molar-refractivity contribution < 1.29 is 0 Å². The van der Waals surface area contributed by atoms with E-state index in [1.54, 1.807) is 6.20 Å². The third-order valence-electron chi connectivity index (χ3n) is 3.38. The van der Waals surface area contributed by atoms with Crippen LogP contribution in [0.25, 0.3) is 0 Å². The average molecular weight is 228 g/mol. The second-order valence-electron chi connectivity index (χ2n) is 4.42. The molecule has 0 aromatic carbocycles. The predicted molar refractivity (Wildman–Crippen MR) is 61.7 cm³/mol. The Morgan fingerprint density at radius 1 is 1.67 bits per heavy atom. The monoisotopic (exact) mass is 227 g/mol. The Kier molecular flexibility index (Phi) is 3.03. The summed E-state index contributed by atoms with van der Waals surface area (Å²) in [6, 6.07) is 0.0208. The Labute approximate surface area is 95.6 Å². The van der Waals surface area contributed by atoms with E-state index in [9.17, 15) is 0 Å². The molecule has 0 saturated heterocycles.